The first-order chi connectivity index (χ1) is 8.52. The number of carbonyl (C=O) groups is 2. The second-order valence-corrected chi connectivity index (χ2v) is 3.78. The van der Waals surface area contributed by atoms with E-state index in [0.717, 1.165) is 5.56 Å². The van der Waals surface area contributed by atoms with Crippen LogP contribution in [0.5, 0.6) is 0 Å². The van der Waals surface area contributed by atoms with Crippen LogP contribution in [0.15, 0.2) is 18.5 Å². The van der Waals surface area contributed by atoms with E-state index in [1.54, 1.807) is 44.2 Å². The molecule has 0 aliphatic rings. The summed E-state index contributed by atoms with van der Waals surface area (Å²) in [6.07, 6.45) is 6.48. The molecule has 0 aliphatic heterocycles. The van der Waals surface area contributed by atoms with Gasteiger partial charge in [0.25, 0.3) is 0 Å². The maximum Gasteiger partial charge on any atom is 0.325 e. The molecule has 1 aromatic heterocycles. The zero-order chi connectivity index (χ0) is 13.5. The maximum absolute atomic E-state index is 11.7. The number of nitrogens with zero attached hydrogens (tertiary/aromatic N) is 3. The summed E-state index contributed by atoms with van der Waals surface area (Å²) in [6.45, 7) is 1.98. The number of hydrogen-bond acceptors (Lipinski definition) is 4. The van der Waals surface area contributed by atoms with Crippen LogP contribution in [0.3, 0.4) is 0 Å². The molecule has 98 valence electrons. The first-order valence-corrected chi connectivity index (χ1v) is 5.60. The van der Waals surface area contributed by atoms with Gasteiger partial charge >= 0.3 is 5.97 Å². The van der Waals surface area contributed by atoms with E-state index in [2.05, 4.69) is 5.10 Å². The molecule has 0 spiro atoms. The molecule has 0 bridgehead atoms. The summed E-state index contributed by atoms with van der Waals surface area (Å²) in [5.74, 6) is -0.671. The van der Waals surface area contributed by atoms with Gasteiger partial charge in [-0.25, -0.2) is 0 Å². The fraction of sp³-hybridized carbons (Fsp3) is 0.417. The van der Waals surface area contributed by atoms with Crippen LogP contribution < -0.4 is 0 Å². The van der Waals surface area contributed by atoms with Crippen molar-refractivity contribution >= 4 is 18.0 Å². The van der Waals surface area contributed by atoms with Crippen LogP contribution in [0.1, 0.15) is 12.5 Å². The molecule has 18 heavy (non-hydrogen) atoms. The Balaban J connectivity index is 2.49. The number of aromatic nitrogens is 2. The number of carbonyl (C=O) groups excluding carboxylic acids is 2. The van der Waals surface area contributed by atoms with Gasteiger partial charge in [-0.2, -0.15) is 5.10 Å². The summed E-state index contributed by atoms with van der Waals surface area (Å²) in [6, 6.07) is 0. The van der Waals surface area contributed by atoms with Crippen molar-refractivity contribution in [1.29, 1.82) is 0 Å². The second kappa shape index (κ2) is 6.58. The van der Waals surface area contributed by atoms with E-state index < -0.39 is 5.97 Å². The highest BCUT2D eigenvalue weighted by Gasteiger charge is 2.10. The van der Waals surface area contributed by atoms with Gasteiger partial charge in [0.2, 0.25) is 5.91 Å². The van der Waals surface area contributed by atoms with Gasteiger partial charge in [0, 0.05) is 31.9 Å². The molecule has 1 rings (SSSR count). The smallest absolute Gasteiger partial charge is 0.325 e. The average Bonchev–Trinajstić information content (AvgIpc) is 2.72. The Bertz CT molecular complexity index is 451. The molecule has 1 aromatic rings. The highest BCUT2D eigenvalue weighted by molar-refractivity contribution is 5.93. The first kappa shape index (κ1) is 14.0. The summed E-state index contributed by atoms with van der Waals surface area (Å²) >= 11 is 0. The van der Waals surface area contributed by atoms with E-state index in [1.807, 2.05) is 0 Å². The first-order valence-electron chi connectivity index (χ1n) is 5.60. The van der Waals surface area contributed by atoms with Crippen LogP contribution in [0.25, 0.3) is 6.08 Å². The number of esters is 1. The summed E-state index contributed by atoms with van der Waals surface area (Å²) in [5.41, 5.74) is 0.829. The van der Waals surface area contributed by atoms with Gasteiger partial charge < -0.3 is 9.64 Å². The van der Waals surface area contributed by atoms with Crippen molar-refractivity contribution in [1.82, 2.24) is 14.7 Å². The number of likely N-dealkylation sites (N-methyl/N-ethyl adjacent to an activating group) is 1. The van der Waals surface area contributed by atoms with E-state index in [1.165, 1.54) is 11.0 Å². The van der Waals surface area contributed by atoms with Crippen molar-refractivity contribution in [2.24, 2.45) is 7.05 Å². The molecule has 1 amide bonds. The number of aryl methyl sites for hydroxylation is 1. The second-order valence-electron chi connectivity index (χ2n) is 3.78. The lowest BCUT2D eigenvalue weighted by Gasteiger charge is -2.13. The third-order valence-electron chi connectivity index (χ3n) is 2.19. The van der Waals surface area contributed by atoms with Gasteiger partial charge in [-0.15, -0.1) is 0 Å². The molecule has 0 saturated carbocycles. The summed E-state index contributed by atoms with van der Waals surface area (Å²) < 4.78 is 6.40. The van der Waals surface area contributed by atoms with Crippen LogP contribution in [0.2, 0.25) is 0 Å². The van der Waals surface area contributed by atoms with Crippen LogP contribution in [0.4, 0.5) is 0 Å². The number of ether oxygens (including phenoxy) is 1. The third-order valence-corrected chi connectivity index (χ3v) is 2.19. The van der Waals surface area contributed by atoms with Crippen LogP contribution in [-0.2, 0) is 21.4 Å². The fourth-order valence-electron chi connectivity index (χ4n) is 1.30. The molecule has 0 unspecified atom stereocenters. The fourth-order valence-corrected chi connectivity index (χ4v) is 1.30. The van der Waals surface area contributed by atoms with E-state index in [-0.39, 0.29) is 12.5 Å². The summed E-state index contributed by atoms with van der Waals surface area (Å²) in [4.78, 5) is 24.1. The molecule has 6 nitrogen and oxygen atoms in total. The molecular weight excluding hydrogens is 234 g/mol. The Morgan fingerprint density at radius 3 is 2.83 bits per heavy atom. The van der Waals surface area contributed by atoms with Gasteiger partial charge in [-0.1, -0.05) is 0 Å². The molecular formula is C12H17N3O3. The molecule has 0 saturated heterocycles. The highest BCUT2D eigenvalue weighted by Crippen LogP contribution is 2.00. The zero-order valence-electron chi connectivity index (χ0n) is 10.8. The quantitative estimate of drug-likeness (QED) is 0.563. The Hall–Kier alpha value is -2.11. The summed E-state index contributed by atoms with van der Waals surface area (Å²) in [7, 11) is 3.35. The SMILES string of the molecule is CCOC(=O)CN(C)C(=O)/C=C/c1cnn(C)c1. The van der Waals surface area contributed by atoms with Crippen molar-refractivity contribution in [3.05, 3.63) is 24.0 Å². The Labute approximate surface area is 106 Å². The predicted octanol–water partition coefficient (Wildman–Crippen LogP) is 0.455. The maximum atomic E-state index is 11.7. The van der Waals surface area contributed by atoms with Crippen molar-refractivity contribution in [3.63, 3.8) is 0 Å². The number of amides is 1. The minimum atomic E-state index is -0.414. The largest absolute Gasteiger partial charge is 0.465 e. The standard InChI is InChI=1S/C12H17N3O3/c1-4-18-12(17)9-14(2)11(16)6-5-10-7-13-15(3)8-10/h5-8H,4,9H2,1-3H3/b6-5+. The van der Waals surface area contributed by atoms with Crippen molar-refractivity contribution in [2.75, 3.05) is 20.2 Å². The molecule has 6 heteroatoms. The van der Waals surface area contributed by atoms with E-state index in [9.17, 15) is 9.59 Å². The lowest BCUT2D eigenvalue weighted by atomic mass is 10.3. The third kappa shape index (κ3) is 4.40. The molecule has 0 aromatic carbocycles. The van der Waals surface area contributed by atoms with E-state index in [0.29, 0.717) is 6.61 Å². The molecule has 0 fully saturated rings. The van der Waals surface area contributed by atoms with Crippen LogP contribution >= 0.6 is 0 Å². The zero-order valence-corrected chi connectivity index (χ0v) is 10.8. The van der Waals surface area contributed by atoms with E-state index >= 15 is 0 Å². The minimum absolute atomic E-state index is 0.0515. The van der Waals surface area contributed by atoms with Gasteiger partial charge in [0.1, 0.15) is 6.54 Å². The monoisotopic (exact) mass is 251 g/mol. The van der Waals surface area contributed by atoms with Crippen molar-refractivity contribution in [3.8, 4) is 0 Å². The lowest BCUT2D eigenvalue weighted by Crippen LogP contribution is -2.31. The van der Waals surface area contributed by atoms with Crippen molar-refractivity contribution in [2.45, 2.75) is 6.92 Å². The number of hydrogen-bond donors (Lipinski definition) is 0. The topological polar surface area (TPSA) is 64.4 Å². The molecule has 0 aliphatic carbocycles. The molecule has 0 atom stereocenters. The van der Waals surface area contributed by atoms with Gasteiger partial charge in [0.15, 0.2) is 0 Å². The summed E-state index contributed by atoms with van der Waals surface area (Å²) in [5, 5.41) is 3.98. The van der Waals surface area contributed by atoms with E-state index in [4.69, 9.17) is 4.74 Å². The minimum Gasteiger partial charge on any atom is -0.465 e. The Kier molecular flexibility index (Phi) is 5.10. The van der Waals surface area contributed by atoms with Gasteiger partial charge in [-0.3, -0.25) is 14.3 Å². The average molecular weight is 251 g/mol. The molecule has 0 radical (unpaired) electrons. The van der Waals surface area contributed by atoms with Gasteiger partial charge in [-0.05, 0) is 13.0 Å². The number of rotatable bonds is 5. The Morgan fingerprint density at radius 2 is 2.28 bits per heavy atom. The highest BCUT2D eigenvalue weighted by atomic mass is 16.5. The van der Waals surface area contributed by atoms with Crippen LogP contribution in [-0.4, -0.2) is 46.8 Å². The normalized spacial score (nSPS) is 10.6. The predicted molar refractivity (Wildman–Crippen MR) is 66.5 cm³/mol. The molecule has 0 N–H and O–H groups in total. The van der Waals surface area contributed by atoms with Crippen LogP contribution in [0, 0.1) is 0 Å². The Morgan fingerprint density at radius 1 is 1.56 bits per heavy atom. The van der Waals surface area contributed by atoms with Crippen molar-refractivity contribution < 1.29 is 14.3 Å². The molecule has 1 heterocycles. The lowest BCUT2D eigenvalue weighted by molar-refractivity contribution is -0.146. The van der Waals surface area contributed by atoms with Gasteiger partial charge in [0.05, 0.1) is 12.8 Å².